The summed E-state index contributed by atoms with van der Waals surface area (Å²) in [7, 11) is 0. The van der Waals surface area contributed by atoms with Gasteiger partial charge in [0.25, 0.3) is 11.6 Å². The highest BCUT2D eigenvalue weighted by atomic mass is 16.6. The van der Waals surface area contributed by atoms with Gasteiger partial charge in [-0.05, 0) is 24.1 Å². The van der Waals surface area contributed by atoms with Crippen LogP contribution in [-0.2, 0) is 0 Å². The molecular weight excluding hydrogens is 364 g/mol. The smallest absolute Gasteiger partial charge is 0.333 e. The standard InChI is InChI=1S/C18H20N6O4/c1-2-3-9-19-18(26)23-22-17(25)16-11-14(20-12-21-16)8-7-13-5-4-6-15(10-13)24(27)28/h4-8,10-12H,2-3,9H2,1H3,(H,22,25)(H2,19,23,26). The molecule has 3 N–H and O–H groups in total. The summed E-state index contributed by atoms with van der Waals surface area (Å²) in [6, 6.07) is 7.02. The molecule has 3 amide bonds. The molecule has 2 aromatic rings. The van der Waals surface area contributed by atoms with E-state index in [1.807, 2.05) is 6.92 Å². The number of hydrazine groups is 1. The SMILES string of the molecule is CCCCNC(=O)NNC(=O)c1cc(C=Cc2cccc([N+](=O)[O-])c2)ncn1. The molecule has 0 fully saturated rings. The zero-order valence-corrected chi connectivity index (χ0v) is 15.2. The third-order valence-electron chi connectivity index (χ3n) is 3.55. The minimum Gasteiger partial charge on any atom is -0.337 e. The summed E-state index contributed by atoms with van der Waals surface area (Å²) in [6.45, 7) is 2.51. The van der Waals surface area contributed by atoms with Crippen LogP contribution >= 0.6 is 0 Å². The largest absolute Gasteiger partial charge is 0.337 e. The predicted octanol–water partition coefficient (Wildman–Crippen LogP) is 2.30. The monoisotopic (exact) mass is 384 g/mol. The summed E-state index contributed by atoms with van der Waals surface area (Å²) in [6.07, 6.45) is 6.23. The summed E-state index contributed by atoms with van der Waals surface area (Å²) in [5.41, 5.74) is 5.58. The van der Waals surface area contributed by atoms with Gasteiger partial charge in [-0.15, -0.1) is 0 Å². The number of non-ortho nitro benzene ring substituents is 1. The van der Waals surface area contributed by atoms with E-state index in [-0.39, 0.29) is 11.4 Å². The first-order chi connectivity index (χ1) is 13.5. The van der Waals surface area contributed by atoms with Gasteiger partial charge in [0.1, 0.15) is 12.0 Å². The lowest BCUT2D eigenvalue weighted by Gasteiger charge is -2.08. The van der Waals surface area contributed by atoms with Crippen LogP contribution in [0.1, 0.15) is 41.5 Å². The number of nitrogens with one attached hydrogen (secondary N) is 3. The maximum atomic E-state index is 12.1. The number of nitro benzene ring substituents is 1. The number of carbonyl (C=O) groups excluding carboxylic acids is 2. The van der Waals surface area contributed by atoms with Crippen molar-refractivity contribution in [2.45, 2.75) is 19.8 Å². The molecule has 1 aromatic heterocycles. The molecule has 0 radical (unpaired) electrons. The highest BCUT2D eigenvalue weighted by Gasteiger charge is 2.09. The average Bonchev–Trinajstić information content (AvgIpc) is 2.71. The summed E-state index contributed by atoms with van der Waals surface area (Å²) in [4.78, 5) is 41.8. The van der Waals surface area contributed by atoms with E-state index in [0.29, 0.717) is 17.8 Å². The van der Waals surface area contributed by atoms with Crippen LogP contribution in [0.5, 0.6) is 0 Å². The van der Waals surface area contributed by atoms with E-state index in [0.717, 1.165) is 12.8 Å². The molecule has 0 aliphatic carbocycles. The number of carbonyl (C=O) groups is 2. The Bertz CT molecular complexity index is 884. The van der Waals surface area contributed by atoms with Crippen molar-refractivity contribution in [3.63, 3.8) is 0 Å². The third kappa shape index (κ3) is 6.48. The van der Waals surface area contributed by atoms with Gasteiger partial charge in [0.2, 0.25) is 0 Å². The Morgan fingerprint density at radius 2 is 2.00 bits per heavy atom. The maximum Gasteiger partial charge on any atom is 0.333 e. The Labute approximate surface area is 161 Å². The number of nitro groups is 1. The lowest BCUT2D eigenvalue weighted by atomic mass is 10.1. The highest BCUT2D eigenvalue weighted by molar-refractivity contribution is 5.93. The second kappa shape index (κ2) is 10.4. The normalized spacial score (nSPS) is 10.5. The Morgan fingerprint density at radius 1 is 1.18 bits per heavy atom. The summed E-state index contributed by atoms with van der Waals surface area (Å²) in [5.74, 6) is -0.599. The van der Waals surface area contributed by atoms with Gasteiger partial charge in [-0.25, -0.2) is 20.2 Å². The number of hydrogen-bond donors (Lipinski definition) is 3. The molecule has 1 heterocycles. The Hall–Kier alpha value is -3.82. The molecule has 0 aliphatic rings. The average molecular weight is 384 g/mol. The van der Waals surface area contributed by atoms with E-state index in [1.54, 1.807) is 24.3 Å². The van der Waals surface area contributed by atoms with Gasteiger partial charge in [0, 0.05) is 18.7 Å². The molecular formula is C18H20N6O4. The van der Waals surface area contributed by atoms with Crippen LogP contribution in [-0.4, -0.2) is 33.4 Å². The minimum absolute atomic E-state index is 0.0202. The lowest BCUT2D eigenvalue weighted by Crippen LogP contribution is -2.47. The van der Waals surface area contributed by atoms with Gasteiger partial charge < -0.3 is 5.32 Å². The molecule has 0 bridgehead atoms. The molecule has 0 saturated carbocycles. The number of aromatic nitrogens is 2. The second-order valence-corrected chi connectivity index (χ2v) is 5.70. The fourth-order valence-corrected chi connectivity index (χ4v) is 2.11. The Kier molecular flexibility index (Phi) is 7.58. The van der Waals surface area contributed by atoms with Crippen LogP contribution in [0.4, 0.5) is 10.5 Å². The first-order valence-corrected chi connectivity index (χ1v) is 8.58. The van der Waals surface area contributed by atoms with Crippen molar-refractivity contribution >= 4 is 29.8 Å². The van der Waals surface area contributed by atoms with Crippen molar-refractivity contribution in [3.05, 3.63) is 63.7 Å². The van der Waals surface area contributed by atoms with Gasteiger partial charge in [-0.2, -0.15) is 0 Å². The number of urea groups is 1. The fourth-order valence-electron chi connectivity index (χ4n) is 2.11. The molecule has 0 spiro atoms. The molecule has 2 rings (SSSR count). The van der Waals surface area contributed by atoms with Crippen LogP contribution in [0.15, 0.2) is 36.7 Å². The molecule has 1 aromatic carbocycles. The van der Waals surface area contributed by atoms with Crippen molar-refractivity contribution < 1.29 is 14.5 Å². The van der Waals surface area contributed by atoms with Crippen molar-refractivity contribution in [2.24, 2.45) is 0 Å². The highest BCUT2D eigenvalue weighted by Crippen LogP contribution is 2.15. The van der Waals surface area contributed by atoms with Gasteiger partial charge in [-0.1, -0.05) is 31.6 Å². The molecule has 146 valence electrons. The molecule has 10 heteroatoms. The fraction of sp³-hybridized carbons (Fsp3) is 0.222. The van der Waals surface area contributed by atoms with Crippen molar-refractivity contribution in [1.82, 2.24) is 26.1 Å². The van der Waals surface area contributed by atoms with E-state index in [9.17, 15) is 19.7 Å². The number of benzene rings is 1. The molecule has 10 nitrogen and oxygen atoms in total. The van der Waals surface area contributed by atoms with Crippen molar-refractivity contribution in [3.8, 4) is 0 Å². The lowest BCUT2D eigenvalue weighted by molar-refractivity contribution is -0.384. The molecule has 0 unspecified atom stereocenters. The van der Waals surface area contributed by atoms with Crippen LogP contribution in [0.2, 0.25) is 0 Å². The van der Waals surface area contributed by atoms with Gasteiger partial charge >= 0.3 is 6.03 Å². The minimum atomic E-state index is -0.599. The quantitative estimate of drug-likeness (QED) is 0.380. The number of rotatable bonds is 7. The second-order valence-electron chi connectivity index (χ2n) is 5.70. The number of nitrogens with zero attached hydrogens (tertiary/aromatic N) is 3. The molecule has 0 aliphatic heterocycles. The summed E-state index contributed by atoms with van der Waals surface area (Å²) < 4.78 is 0. The van der Waals surface area contributed by atoms with E-state index in [4.69, 9.17) is 0 Å². The molecule has 28 heavy (non-hydrogen) atoms. The zero-order valence-electron chi connectivity index (χ0n) is 15.2. The third-order valence-corrected chi connectivity index (χ3v) is 3.55. The number of unbranched alkanes of at least 4 members (excludes halogenated alkanes) is 1. The van der Waals surface area contributed by atoms with Gasteiger partial charge in [0.05, 0.1) is 10.6 Å². The van der Waals surface area contributed by atoms with Gasteiger partial charge in [0.15, 0.2) is 0 Å². The zero-order chi connectivity index (χ0) is 20.4. The summed E-state index contributed by atoms with van der Waals surface area (Å²) in [5, 5.41) is 13.4. The summed E-state index contributed by atoms with van der Waals surface area (Å²) >= 11 is 0. The van der Waals surface area contributed by atoms with Crippen molar-refractivity contribution in [2.75, 3.05) is 6.54 Å². The first kappa shape index (κ1) is 20.5. The van der Waals surface area contributed by atoms with Crippen LogP contribution in [0.3, 0.4) is 0 Å². The molecule has 0 saturated heterocycles. The van der Waals surface area contributed by atoms with E-state index in [2.05, 4.69) is 26.1 Å². The van der Waals surface area contributed by atoms with E-state index in [1.165, 1.54) is 24.5 Å². The maximum absolute atomic E-state index is 12.1. The predicted molar refractivity (Wildman–Crippen MR) is 103 cm³/mol. The number of hydrogen-bond acceptors (Lipinski definition) is 6. The Balaban J connectivity index is 1.97. The Morgan fingerprint density at radius 3 is 2.75 bits per heavy atom. The van der Waals surface area contributed by atoms with E-state index < -0.39 is 16.9 Å². The van der Waals surface area contributed by atoms with Crippen LogP contribution in [0, 0.1) is 10.1 Å². The topological polar surface area (TPSA) is 139 Å². The van der Waals surface area contributed by atoms with Crippen LogP contribution in [0.25, 0.3) is 12.2 Å². The molecule has 0 atom stereocenters. The van der Waals surface area contributed by atoms with Crippen molar-refractivity contribution in [1.29, 1.82) is 0 Å². The first-order valence-electron chi connectivity index (χ1n) is 8.58. The van der Waals surface area contributed by atoms with Crippen LogP contribution < -0.4 is 16.2 Å². The van der Waals surface area contributed by atoms with Gasteiger partial charge in [-0.3, -0.25) is 20.3 Å². The number of amides is 3. The van der Waals surface area contributed by atoms with E-state index >= 15 is 0 Å².